The van der Waals surface area contributed by atoms with Crippen LogP contribution in [0.15, 0.2) is 16.2 Å². The molecule has 0 aliphatic carbocycles. The van der Waals surface area contributed by atoms with Crippen molar-refractivity contribution in [1.29, 1.82) is 0 Å². The number of ether oxygens (including phenoxy) is 1. The fraction of sp³-hybridized carbons (Fsp3) is 0.812. The van der Waals surface area contributed by atoms with E-state index in [2.05, 4.69) is 4.99 Å². The number of aliphatic hydroxyl groups is 2. The van der Waals surface area contributed by atoms with Crippen LogP contribution in [0.3, 0.4) is 0 Å². The second kappa shape index (κ2) is 11.9. The highest BCUT2D eigenvalue weighted by Gasteiger charge is 2.31. The van der Waals surface area contributed by atoms with Crippen molar-refractivity contribution in [2.45, 2.75) is 78.2 Å². The van der Waals surface area contributed by atoms with Crippen LogP contribution in [-0.4, -0.2) is 47.7 Å². The lowest BCUT2D eigenvalue weighted by Gasteiger charge is -2.31. The number of allylic oxidation sites excluding steroid dienone is 1. The summed E-state index contributed by atoms with van der Waals surface area (Å²) in [5.41, 5.74) is 3.41. The molecule has 0 aromatic carbocycles. The Bertz CT molecular complexity index is 357. The molecule has 5 nitrogen and oxygen atoms in total. The van der Waals surface area contributed by atoms with Crippen LogP contribution < -0.4 is 5.73 Å². The molecule has 1 aliphatic heterocycles. The largest absolute Gasteiger partial charge is 0.403 e. The van der Waals surface area contributed by atoms with Gasteiger partial charge in [0.05, 0.1) is 16.2 Å². The summed E-state index contributed by atoms with van der Waals surface area (Å²) in [5.74, 6) is 0. The summed E-state index contributed by atoms with van der Waals surface area (Å²) in [7, 11) is 5.55. The van der Waals surface area contributed by atoms with E-state index in [4.69, 9.17) is 40.1 Å². The Morgan fingerprint density at radius 3 is 2.00 bits per heavy atom. The second-order valence-electron chi connectivity index (χ2n) is 5.97. The average Bonchev–Trinajstić information content (AvgIpc) is 2.48. The van der Waals surface area contributed by atoms with Crippen molar-refractivity contribution in [3.8, 4) is 0 Å². The molecule has 7 heteroatoms. The third-order valence-electron chi connectivity index (χ3n) is 3.33. The molecule has 1 atom stereocenters. The number of rotatable bonds is 3. The summed E-state index contributed by atoms with van der Waals surface area (Å²) in [4.78, 5) is 4.10. The van der Waals surface area contributed by atoms with E-state index in [1.165, 1.54) is 6.20 Å². The standard InChI is InChI=1S/C8H12BClN2O.C6H14O2.C2H6/c9-8(6(10)5-11)12-7-3-1-2-4-13-7;1-5(2,7)6(3,4)8;1-2/h5,7H,1-4,11H2;7-8H,1-4H3;1-2H3/b6-5+,12-8-;;. The molecule has 1 fully saturated rings. The molecule has 0 bridgehead atoms. The molecule has 1 rings (SSSR count). The van der Waals surface area contributed by atoms with Gasteiger partial charge in [0.15, 0.2) is 0 Å². The maximum atomic E-state index is 9.10. The Morgan fingerprint density at radius 2 is 1.70 bits per heavy atom. The third-order valence-corrected chi connectivity index (χ3v) is 3.65. The van der Waals surface area contributed by atoms with E-state index in [0.29, 0.717) is 0 Å². The topological polar surface area (TPSA) is 88.1 Å². The van der Waals surface area contributed by atoms with Crippen LogP contribution >= 0.6 is 11.6 Å². The number of aliphatic imine (C=N–C) groups is 1. The number of nitrogens with two attached hydrogens (primary N) is 1. The highest BCUT2D eigenvalue weighted by Crippen LogP contribution is 2.19. The SMILES string of the molecule is CC.CC(C)(O)C(C)(C)O.[B]C(=N\C1CCCCO1)/C(Cl)=C\N. The molecule has 4 N–H and O–H groups in total. The summed E-state index contributed by atoms with van der Waals surface area (Å²) in [6, 6.07) is 0. The van der Waals surface area contributed by atoms with Crippen LogP contribution in [0, 0.1) is 0 Å². The molecule has 1 aliphatic rings. The molecule has 1 heterocycles. The first-order valence-corrected chi connectivity index (χ1v) is 8.34. The third kappa shape index (κ3) is 11.6. The zero-order valence-corrected chi connectivity index (χ0v) is 16.0. The van der Waals surface area contributed by atoms with Crippen LogP contribution in [0.5, 0.6) is 0 Å². The van der Waals surface area contributed by atoms with Crippen LogP contribution in [0.4, 0.5) is 0 Å². The van der Waals surface area contributed by atoms with E-state index < -0.39 is 11.2 Å². The van der Waals surface area contributed by atoms with Gasteiger partial charge in [-0.05, 0) is 47.0 Å². The van der Waals surface area contributed by atoms with Gasteiger partial charge < -0.3 is 20.7 Å². The minimum Gasteiger partial charge on any atom is -0.403 e. The van der Waals surface area contributed by atoms with Gasteiger partial charge in [-0.15, -0.1) is 0 Å². The summed E-state index contributed by atoms with van der Waals surface area (Å²) in [6.45, 7) is 11.0. The van der Waals surface area contributed by atoms with Crippen molar-refractivity contribution >= 4 is 25.1 Å². The van der Waals surface area contributed by atoms with Crippen LogP contribution in [0.1, 0.15) is 60.8 Å². The zero-order valence-electron chi connectivity index (χ0n) is 15.3. The van der Waals surface area contributed by atoms with E-state index in [-0.39, 0.29) is 16.9 Å². The van der Waals surface area contributed by atoms with E-state index in [9.17, 15) is 0 Å². The van der Waals surface area contributed by atoms with Gasteiger partial charge in [-0.3, -0.25) is 4.99 Å². The Morgan fingerprint density at radius 1 is 1.22 bits per heavy atom. The minimum absolute atomic E-state index is 0.151. The van der Waals surface area contributed by atoms with Crippen molar-refractivity contribution in [2.24, 2.45) is 10.7 Å². The number of hydrogen-bond acceptors (Lipinski definition) is 5. The molecule has 0 saturated carbocycles. The maximum absolute atomic E-state index is 9.10. The Kier molecular flexibility index (Phi) is 12.8. The second-order valence-corrected chi connectivity index (χ2v) is 6.38. The van der Waals surface area contributed by atoms with E-state index in [0.717, 1.165) is 25.9 Å². The Labute approximate surface area is 147 Å². The molecule has 0 amide bonds. The highest BCUT2D eigenvalue weighted by molar-refractivity contribution is 6.71. The van der Waals surface area contributed by atoms with Crippen molar-refractivity contribution < 1.29 is 14.9 Å². The summed E-state index contributed by atoms with van der Waals surface area (Å²) >= 11 is 5.66. The molecule has 1 unspecified atom stereocenters. The molecular formula is C16H32BClN2O3. The summed E-state index contributed by atoms with van der Waals surface area (Å²) < 4.78 is 5.35. The normalized spacial score (nSPS) is 20.0. The lowest BCUT2D eigenvalue weighted by atomic mass is 9.90. The monoisotopic (exact) mass is 346 g/mol. The van der Waals surface area contributed by atoms with E-state index in [1.54, 1.807) is 27.7 Å². The quantitative estimate of drug-likeness (QED) is 0.541. The smallest absolute Gasteiger partial charge is 0.147 e. The van der Waals surface area contributed by atoms with Crippen LogP contribution in [0.25, 0.3) is 0 Å². The molecule has 1 saturated heterocycles. The number of nitrogens with zero attached hydrogens (tertiary/aromatic N) is 1. The van der Waals surface area contributed by atoms with Gasteiger partial charge in [0.2, 0.25) is 0 Å². The molecule has 134 valence electrons. The molecule has 0 spiro atoms. The van der Waals surface area contributed by atoms with Gasteiger partial charge in [-0.2, -0.15) is 0 Å². The summed E-state index contributed by atoms with van der Waals surface area (Å²) in [6.07, 6.45) is 4.18. The molecular weight excluding hydrogens is 314 g/mol. The van der Waals surface area contributed by atoms with Gasteiger partial charge in [0.1, 0.15) is 14.1 Å². The fourth-order valence-corrected chi connectivity index (χ4v) is 1.18. The summed E-state index contributed by atoms with van der Waals surface area (Å²) in [5, 5.41) is 18.5. The number of hydrogen-bond donors (Lipinski definition) is 3. The van der Waals surface area contributed by atoms with Crippen LogP contribution in [0.2, 0.25) is 0 Å². The Hall–Kier alpha value is -0.555. The lowest BCUT2D eigenvalue weighted by Crippen LogP contribution is -2.44. The van der Waals surface area contributed by atoms with Gasteiger partial charge in [-0.25, -0.2) is 0 Å². The van der Waals surface area contributed by atoms with Crippen molar-refractivity contribution in [3.63, 3.8) is 0 Å². The zero-order chi connectivity index (χ0) is 18.7. The van der Waals surface area contributed by atoms with E-state index in [1.807, 2.05) is 13.8 Å². The minimum atomic E-state index is -1.01. The predicted octanol–water partition coefficient (Wildman–Crippen LogP) is 2.67. The van der Waals surface area contributed by atoms with Crippen LogP contribution in [-0.2, 0) is 4.74 Å². The van der Waals surface area contributed by atoms with E-state index >= 15 is 0 Å². The van der Waals surface area contributed by atoms with Gasteiger partial charge in [0, 0.05) is 18.4 Å². The van der Waals surface area contributed by atoms with Gasteiger partial charge >= 0.3 is 0 Å². The number of halogens is 1. The van der Waals surface area contributed by atoms with Crippen molar-refractivity contribution in [2.75, 3.05) is 6.61 Å². The Balaban J connectivity index is 0. The first kappa shape index (κ1) is 24.7. The van der Waals surface area contributed by atoms with Crippen molar-refractivity contribution in [3.05, 3.63) is 11.2 Å². The molecule has 23 heavy (non-hydrogen) atoms. The molecule has 2 radical (unpaired) electrons. The highest BCUT2D eigenvalue weighted by atomic mass is 35.5. The fourth-order valence-electron chi connectivity index (χ4n) is 1.13. The maximum Gasteiger partial charge on any atom is 0.147 e. The van der Waals surface area contributed by atoms with Gasteiger partial charge in [-0.1, -0.05) is 25.4 Å². The average molecular weight is 347 g/mol. The predicted molar refractivity (Wildman–Crippen MR) is 98.8 cm³/mol. The van der Waals surface area contributed by atoms with Crippen molar-refractivity contribution in [1.82, 2.24) is 0 Å². The van der Waals surface area contributed by atoms with Gasteiger partial charge in [0.25, 0.3) is 0 Å². The lowest BCUT2D eigenvalue weighted by molar-refractivity contribution is -0.107. The molecule has 0 aromatic heterocycles. The first-order chi connectivity index (χ1) is 10.5. The molecule has 0 aromatic rings. The first-order valence-electron chi connectivity index (χ1n) is 7.96.